The van der Waals surface area contributed by atoms with Gasteiger partial charge >= 0.3 is 5.96 Å². The molecule has 1 aromatic carbocycles. The number of nitrogens with zero attached hydrogens (tertiary/aromatic N) is 2. The van der Waals surface area contributed by atoms with Gasteiger partial charge in [0.05, 0.1) is 27.5 Å². The number of guanidine groups is 1. The Morgan fingerprint density at radius 2 is 1.79 bits per heavy atom. The number of rotatable bonds is 5. The van der Waals surface area contributed by atoms with E-state index in [0.717, 1.165) is 0 Å². The first-order valence-corrected chi connectivity index (χ1v) is 5.23. The molecule has 0 fully saturated rings. The summed E-state index contributed by atoms with van der Waals surface area (Å²) in [4.78, 5) is 0.0934. The number of hydrogen-bond acceptors (Lipinski definition) is 5. The first-order valence-electron chi connectivity index (χ1n) is 5.23. The first-order chi connectivity index (χ1) is 9.04. The van der Waals surface area contributed by atoms with E-state index in [2.05, 4.69) is 5.10 Å². The highest BCUT2D eigenvalue weighted by Crippen LogP contribution is 2.38. The monoisotopic (exact) mass is 268 g/mol. The molecule has 0 heterocycles. The SMILES string of the molecule is COc1ccc(/C=N\[N+]([O-])=C(N)N)c(OC)c1OC. The van der Waals surface area contributed by atoms with Crippen LogP contribution in [0.15, 0.2) is 17.2 Å². The quantitative estimate of drug-likeness (QED) is 0.251. The van der Waals surface area contributed by atoms with Gasteiger partial charge in [-0.3, -0.25) is 11.5 Å². The predicted octanol–water partition coefficient (Wildman–Crippen LogP) is -0.170. The number of benzene rings is 1. The minimum atomic E-state index is -0.462. The number of nitrogens with two attached hydrogens (primary N) is 2. The van der Waals surface area contributed by atoms with Gasteiger partial charge in [0, 0.05) is 5.56 Å². The van der Waals surface area contributed by atoms with Crippen molar-refractivity contribution in [2.75, 3.05) is 21.3 Å². The van der Waals surface area contributed by atoms with Crippen LogP contribution in [0.25, 0.3) is 0 Å². The Bertz CT molecular complexity index is 510. The van der Waals surface area contributed by atoms with Gasteiger partial charge in [-0.25, -0.2) is 0 Å². The molecule has 0 bridgehead atoms. The molecule has 0 saturated carbocycles. The molecule has 0 aliphatic rings. The Balaban J connectivity index is 3.26. The molecule has 104 valence electrons. The number of hydrazone groups is 1. The van der Waals surface area contributed by atoms with Gasteiger partial charge in [-0.15, -0.1) is 9.95 Å². The Morgan fingerprint density at radius 1 is 1.16 bits per heavy atom. The van der Waals surface area contributed by atoms with E-state index in [1.54, 1.807) is 12.1 Å². The maximum atomic E-state index is 11.1. The minimum absolute atomic E-state index is 0.0934. The highest BCUT2D eigenvalue weighted by atomic mass is 16.5. The average Bonchev–Trinajstić information content (AvgIpc) is 2.42. The molecule has 0 unspecified atom stereocenters. The van der Waals surface area contributed by atoms with Crippen molar-refractivity contribution < 1.29 is 19.1 Å². The van der Waals surface area contributed by atoms with Crippen LogP contribution in [0.2, 0.25) is 0 Å². The van der Waals surface area contributed by atoms with Gasteiger partial charge in [0.15, 0.2) is 11.5 Å². The highest BCUT2D eigenvalue weighted by Gasteiger charge is 2.14. The maximum Gasteiger partial charge on any atom is 0.366 e. The molecule has 0 aliphatic heterocycles. The van der Waals surface area contributed by atoms with E-state index in [1.807, 2.05) is 0 Å². The van der Waals surface area contributed by atoms with E-state index < -0.39 is 5.96 Å². The topological polar surface area (TPSA) is 118 Å². The fourth-order valence-corrected chi connectivity index (χ4v) is 1.41. The van der Waals surface area contributed by atoms with Crippen molar-refractivity contribution in [3.05, 3.63) is 22.9 Å². The summed E-state index contributed by atoms with van der Waals surface area (Å²) in [5.41, 5.74) is 10.7. The van der Waals surface area contributed by atoms with Crippen LogP contribution in [0.3, 0.4) is 0 Å². The second-order valence-electron chi connectivity index (χ2n) is 3.37. The third-order valence-corrected chi connectivity index (χ3v) is 2.26. The van der Waals surface area contributed by atoms with Gasteiger partial charge in [0.25, 0.3) is 0 Å². The van der Waals surface area contributed by atoms with Crippen molar-refractivity contribution in [2.45, 2.75) is 0 Å². The van der Waals surface area contributed by atoms with E-state index in [4.69, 9.17) is 25.7 Å². The predicted molar refractivity (Wildman–Crippen MR) is 70.7 cm³/mol. The van der Waals surface area contributed by atoms with Gasteiger partial charge in [0.2, 0.25) is 5.75 Å². The summed E-state index contributed by atoms with van der Waals surface area (Å²) in [5.74, 6) is 0.821. The first kappa shape index (κ1) is 14.4. The van der Waals surface area contributed by atoms with E-state index in [9.17, 15) is 5.21 Å². The lowest BCUT2D eigenvalue weighted by Gasteiger charge is -2.13. The summed E-state index contributed by atoms with van der Waals surface area (Å²) in [7, 11) is 4.45. The van der Waals surface area contributed by atoms with Crippen LogP contribution in [0.5, 0.6) is 17.2 Å². The molecule has 0 aromatic heterocycles. The molecule has 1 aromatic rings. The smallest absolute Gasteiger partial charge is 0.366 e. The normalized spacial score (nSPS) is 10.3. The Labute approximate surface area is 110 Å². The van der Waals surface area contributed by atoms with E-state index in [-0.39, 0.29) is 4.85 Å². The minimum Gasteiger partial charge on any atom is -0.722 e. The third kappa shape index (κ3) is 3.18. The molecule has 8 heteroatoms. The Morgan fingerprint density at radius 3 is 2.26 bits per heavy atom. The Kier molecular flexibility index (Phi) is 4.81. The molecule has 19 heavy (non-hydrogen) atoms. The fraction of sp³-hybridized carbons (Fsp3) is 0.273. The standard InChI is InChI=1S/C11H16N4O4/c1-17-8-5-4-7(6-14-15(16)11(12)13)9(18-2)10(8)19-3/h4-6H,12-13H2,1-3H3/b14-6-. The van der Waals surface area contributed by atoms with E-state index in [0.29, 0.717) is 22.8 Å². The number of hydrogen-bond donors (Lipinski definition) is 2. The van der Waals surface area contributed by atoms with Crippen molar-refractivity contribution >= 4 is 12.2 Å². The molecular weight excluding hydrogens is 252 g/mol. The molecule has 0 atom stereocenters. The summed E-state index contributed by atoms with van der Waals surface area (Å²) in [6.07, 6.45) is 1.26. The Hall–Kier alpha value is -2.64. The van der Waals surface area contributed by atoms with Crippen LogP contribution < -0.4 is 25.7 Å². The van der Waals surface area contributed by atoms with Gasteiger partial charge in [-0.2, -0.15) is 0 Å². The zero-order chi connectivity index (χ0) is 14.4. The molecule has 1 rings (SSSR count). The molecule has 4 N–H and O–H groups in total. The lowest BCUT2D eigenvalue weighted by atomic mass is 10.2. The lowest BCUT2D eigenvalue weighted by molar-refractivity contribution is -0.463. The molecule has 0 radical (unpaired) electrons. The van der Waals surface area contributed by atoms with Crippen LogP contribution in [0, 0.1) is 5.21 Å². The number of methoxy groups -OCH3 is 3. The van der Waals surface area contributed by atoms with Gasteiger partial charge in [0.1, 0.15) is 0 Å². The van der Waals surface area contributed by atoms with Crippen LogP contribution in [0.1, 0.15) is 5.56 Å². The van der Waals surface area contributed by atoms with Crippen LogP contribution in [-0.2, 0) is 0 Å². The molecule has 0 saturated heterocycles. The van der Waals surface area contributed by atoms with Crippen molar-refractivity contribution in [3.63, 3.8) is 0 Å². The zero-order valence-electron chi connectivity index (χ0n) is 10.9. The summed E-state index contributed by atoms with van der Waals surface area (Å²) in [5, 5.41) is 14.7. The fourth-order valence-electron chi connectivity index (χ4n) is 1.41. The molecular formula is C11H16N4O4. The summed E-state index contributed by atoms with van der Waals surface area (Å²) >= 11 is 0. The van der Waals surface area contributed by atoms with Crippen molar-refractivity contribution in [1.29, 1.82) is 0 Å². The molecule has 0 spiro atoms. The van der Waals surface area contributed by atoms with Crippen LogP contribution >= 0.6 is 0 Å². The van der Waals surface area contributed by atoms with Crippen molar-refractivity contribution in [3.8, 4) is 17.2 Å². The second-order valence-corrected chi connectivity index (χ2v) is 3.37. The highest BCUT2D eigenvalue weighted by molar-refractivity contribution is 5.86. The third-order valence-electron chi connectivity index (χ3n) is 2.26. The summed E-state index contributed by atoms with van der Waals surface area (Å²) in [6.45, 7) is 0. The summed E-state index contributed by atoms with van der Waals surface area (Å²) in [6, 6.07) is 3.32. The summed E-state index contributed by atoms with van der Waals surface area (Å²) < 4.78 is 15.5. The maximum absolute atomic E-state index is 11.1. The molecule has 0 aliphatic carbocycles. The van der Waals surface area contributed by atoms with E-state index >= 15 is 0 Å². The average molecular weight is 268 g/mol. The zero-order valence-corrected chi connectivity index (χ0v) is 10.9. The van der Waals surface area contributed by atoms with Crippen molar-refractivity contribution in [1.82, 2.24) is 0 Å². The van der Waals surface area contributed by atoms with Crippen LogP contribution in [-0.4, -0.2) is 38.4 Å². The van der Waals surface area contributed by atoms with E-state index in [1.165, 1.54) is 27.5 Å². The largest absolute Gasteiger partial charge is 0.722 e. The van der Waals surface area contributed by atoms with Crippen molar-refractivity contribution in [2.24, 2.45) is 16.6 Å². The lowest BCUT2D eigenvalue weighted by Crippen LogP contribution is -2.30. The molecule has 0 amide bonds. The molecule has 8 nitrogen and oxygen atoms in total. The van der Waals surface area contributed by atoms with Gasteiger partial charge in [-0.1, -0.05) is 0 Å². The van der Waals surface area contributed by atoms with Crippen LogP contribution in [0.4, 0.5) is 0 Å². The van der Waals surface area contributed by atoms with Gasteiger partial charge in [-0.05, 0) is 12.1 Å². The second kappa shape index (κ2) is 6.34. The van der Waals surface area contributed by atoms with Gasteiger partial charge < -0.3 is 19.4 Å². The number of ether oxygens (including phenoxy) is 3.